The first kappa shape index (κ1) is 11.8. The summed E-state index contributed by atoms with van der Waals surface area (Å²) >= 11 is 5.95. The summed E-state index contributed by atoms with van der Waals surface area (Å²) in [6.07, 6.45) is 1.76. The minimum atomic E-state index is 0.524. The van der Waals surface area contributed by atoms with E-state index in [2.05, 4.69) is 11.1 Å². The summed E-state index contributed by atoms with van der Waals surface area (Å²) in [5, 5.41) is 9.96. The van der Waals surface area contributed by atoms with E-state index in [1.54, 1.807) is 22.7 Å². The van der Waals surface area contributed by atoms with Crippen LogP contribution in [0.15, 0.2) is 42.6 Å². The van der Waals surface area contributed by atoms with Crippen molar-refractivity contribution >= 4 is 17.2 Å². The van der Waals surface area contributed by atoms with Gasteiger partial charge in [-0.25, -0.2) is 4.98 Å². The van der Waals surface area contributed by atoms with Crippen molar-refractivity contribution in [3.05, 3.63) is 58.9 Å². The van der Waals surface area contributed by atoms with Crippen LogP contribution < -0.4 is 0 Å². The monoisotopic (exact) mass is 267 g/mol. The molecular weight excluding hydrogens is 258 g/mol. The predicted octanol–water partition coefficient (Wildman–Crippen LogP) is 3.83. The number of imidazole rings is 1. The topological polar surface area (TPSA) is 41.1 Å². The van der Waals surface area contributed by atoms with Gasteiger partial charge in [0.1, 0.15) is 17.4 Å². The fourth-order valence-electron chi connectivity index (χ4n) is 2.04. The molecule has 0 unspecified atom stereocenters. The van der Waals surface area contributed by atoms with E-state index in [0.29, 0.717) is 22.1 Å². The quantitative estimate of drug-likeness (QED) is 0.672. The van der Waals surface area contributed by atoms with Gasteiger partial charge in [-0.3, -0.25) is 4.40 Å². The molecule has 92 valence electrons. The highest BCUT2D eigenvalue weighted by atomic mass is 35.5. The van der Waals surface area contributed by atoms with Crippen molar-refractivity contribution in [2.24, 2.45) is 0 Å². The number of hydrogen-bond acceptors (Lipinski definition) is 2. The molecule has 19 heavy (non-hydrogen) atoms. The number of aryl methyl sites for hydroxylation is 1. The first-order valence-electron chi connectivity index (χ1n) is 5.84. The Hall–Kier alpha value is -2.31. The molecule has 0 aliphatic rings. The molecule has 3 aromatic rings. The van der Waals surface area contributed by atoms with Crippen LogP contribution in [0.2, 0.25) is 5.02 Å². The first-order chi connectivity index (χ1) is 9.19. The Labute approximate surface area is 115 Å². The number of nitrogens with zero attached hydrogens (tertiary/aromatic N) is 3. The Morgan fingerprint density at radius 2 is 1.95 bits per heavy atom. The van der Waals surface area contributed by atoms with Gasteiger partial charge in [-0.15, -0.1) is 0 Å². The van der Waals surface area contributed by atoms with Crippen LogP contribution >= 0.6 is 11.6 Å². The molecule has 3 rings (SSSR count). The number of halogens is 1. The van der Waals surface area contributed by atoms with Gasteiger partial charge in [-0.2, -0.15) is 5.26 Å². The van der Waals surface area contributed by atoms with Crippen molar-refractivity contribution in [1.29, 1.82) is 5.26 Å². The molecule has 0 saturated heterocycles. The second kappa shape index (κ2) is 4.42. The molecule has 2 aromatic heterocycles. The molecule has 0 aliphatic heterocycles. The lowest BCUT2D eigenvalue weighted by atomic mass is 10.1. The number of aromatic nitrogens is 2. The van der Waals surface area contributed by atoms with Crippen LogP contribution in [0.5, 0.6) is 0 Å². The molecule has 0 amide bonds. The molecule has 0 spiro atoms. The van der Waals surface area contributed by atoms with E-state index < -0.39 is 0 Å². The fourth-order valence-corrected chi connectivity index (χ4v) is 2.19. The number of hydrogen-bond donors (Lipinski definition) is 0. The van der Waals surface area contributed by atoms with Crippen molar-refractivity contribution in [3.63, 3.8) is 0 Å². The molecule has 3 nitrogen and oxygen atoms in total. The SMILES string of the molecule is Cc1ccc(-c2nc3cc(Cl)ccn3c2C#N)cc1. The minimum Gasteiger partial charge on any atom is -0.291 e. The van der Waals surface area contributed by atoms with Crippen LogP contribution in [0.3, 0.4) is 0 Å². The third-order valence-electron chi connectivity index (χ3n) is 3.02. The summed E-state index contributed by atoms with van der Waals surface area (Å²) in [5.74, 6) is 0. The number of fused-ring (bicyclic) bond motifs is 1. The van der Waals surface area contributed by atoms with Crippen molar-refractivity contribution < 1.29 is 0 Å². The molecule has 0 atom stereocenters. The summed E-state index contributed by atoms with van der Waals surface area (Å²) in [6.45, 7) is 2.03. The summed E-state index contributed by atoms with van der Waals surface area (Å²) in [4.78, 5) is 4.50. The molecule has 1 aromatic carbocycles. The van der Waals surface area contributed by atoms with Crippen LogP contribution in [0.4, 0.5) is 0 Å². The fraction of sp³-hybridized carbons (Fsp3) is 0.0667. The minimum absolute atomic E-state index is 0.524. The van der Waals surface area contributed by atoms with Gasteiger partial charge in [0, 0.05) is 22.8 Å². The highest BCUT2D eigenvalue weighted by Crippen LogP contribution is 2.25. The summed E-state index contributed by atoms with van der Waals surface area (Å²) in [7, 11) is 0. The smallest absolute Gasteiger partial charge is 0.152 e. The molecule has 0 fully saturated rings. The van der Waals surface area contributed by atoms with Crippen molar-refractivity contribution in [1.82, 2.24) is 9.38 Å². The normalized spacial score (nSPS) is 10.6. The zero-order valence-corrected chi connectivity index (χ0v) is 11.0. The first-order valence-corrected chi connectivity index (χ1v) is 6.21. The molecule has 0 radical (unpaired) electrons. The van der Waals surface area contributed by atoms with Crippen LogP contribution in [0, 0.1) is 18.3 Å². The van der Waals surface area contributed by atoms with Gasteiger partial charge in [0.05, 0.1) is 0 Å². The highest BCUT2D eigenvalue weighted by Gasteiger charge is 2.13. The van der Waals surface area contributed by atoms with Crippen LogP contribution in [-0.2, 0) is 0 Å². The van der Waals surface area contributed by atoms with Gasteiger partial charge in [-0.05, 0) is 13.0 Å². The lowest BCUT2D eigenvalue weighted by Gasteiger charge is -1.98. The van der Waals surface area contributed by atoms with Gasteiger partial charge < -0.3 is 0 Å². The Kier molecular flexibility index (Phi) is 2.73. The summed E-state index contributed by atoms with van der Waals surface area (Å²) < 4.78 is 1.75. The van der Waals surface area contributed by atoms with E-state index in [0.717, 1.165) is 5.56 Å². The van der Waals surface area contributed by atoms with E-state index in [1.807, 2.05) is 31.2 Å². The van der Waals surface area contributed by atoms with Gasteiger partial charge in [0.25, 0.3) is 0 Å². The summed E-state index contributed by atoms with van der Waals surface area (Å²) in [5.41, 5.74) is 4.00. The van der Waals surface area contributed by atoms with Crippen molar-refractivity contribution in [2.45, 2.75) is 6.92 Å². The molecule has 4 heteroatoms. The zero-order valence-electron chi connectivity index (χ0n) is 10.3. The maximum Gasteiger partial charge on any atom is 0.152 e. The predicted molar refractivity (Wildman–Crippen MR) is 75.1 cm³/mol. The maximum absolute atomic E-state index is 9.35. The molecular formula is C15H10ClN3. The molecule has 2 heterocycles. The van der Waals surface area contributed by atoms with Gasteiger partial charge in [0.15, 0.2) is 5.69 Å². The van der Waals surface area contributed by atoms with E-state index in [4.69, 9.17) is 11.6 Å². The van der Waals surface area contributed by atoms with Gasteiger partial charge >= 0.3 is 0 Å². The van der Waals surface area contributed by atoms with E-state index in [9.17, 15) is 5.26 Å². The van der Waals surface area contributed by atoms with E-state index in [1.165, 1.54) is 5.56 Å². The zero-order chi connectivity index (χ0) is 13.4. The van der Waals surface area contributed by atoms with E-state index in [-0.39, 0.29) is 0 Å². The van der Waals surface area contributed by atoms with Gasteiger partial charge in [0.2, 0.25) is 0 Å². The second-order valence-corrected chi connectivity index (χ2v) is 4.80. The number of pyridine rings is 1. The highest BCUT2D eigenvalue weighted by molar-refractivity contribution is 6.30. The average Bonchev–Trinajstić information content (AvgIpc) is 2.77. The number of rotatable bonds is 1. The molecule has 0 bridgehead atoms. The third-order valence-corrected chi connectivity index (χ3v) is 3.25. The molecule has 0 N–H and O–H groups in total. The number of benzene rings is 1. The Balaban J connectivity index is 2.29. The Bertz CT molecular complexity index is 795. The Morgan fingerprint density at radius 1 is 1.21 bits per heavy atom. The lowest BCUT2D eigenvalue weighted by molar-refractivity contribution is 1.15. The van der Waals surface area contributed by atoms with Crippen LogP contribution in [0.25, 0.3) is 16.9 Å². The van der Waals surface area contributed by atoms with E-state index >= 15 is 0 Å². The lowest BCUT2D eigenvalue weighted by Crippen LogP contribution is -1.88. The van der Waals surface area contributed by atoms with Crippen LogP contribution in [-0.4, -0.2) is 9.38 Å². The second-order valence-electron chi connectivity index (χ2n) is 4.36. The maximum atomic E-state index is 9.35. The van der Waals surface area contributed by atoms with Gasteiger partial charge in [-0.1, -0.05) is 41.4 Å². The molecule has 0 saturated carbocycles. The summed E-state index contributed by atoms with van der Waals surface area (Å²) in [6, 6.07) is 13.7. The molecule has 0 aliphatic carbocycles. The standard InChI is InChI=1S/C15H10ClN3/c1-10-2-4-11(5-3-10)15-13(9-17)19-7-6-12(16)8-14(19)18-15/h2-8H,1H3. The Morgan fingerprint density at radius 3 is 2.63 bits per heavy atom. The van der Waals surface area contributed by atoms with Crippen LogP contribution in [0.1, 0.15) is 11.3 Å². The number of nitriles is 1. The largest absolute Gasteiger partial charge is 0.291 e. The van der Waals surface area contributed by atoms with Crippen molar-refractivity contribution in [2.75, 3.05) is 0 Å². The third kappa shape index (κ3) is 1.96. The van der Waals surface area contributed by atoms with Crippen molar-refractivity contribution in [3.8, 4) is 17.3 Å². The average molecular weight is 268 g/mol.